The molecule has 0 heterocycles. The zero-order valence-corrected chi connectivity index (χ0v) is 13.9. The maximum atomic E-state index is 12.0. The van der Waals surface area contributed by atoms with Crippen molar-refractivity contribution in [2.24, 2.45) is 0 Å². The van der Waals surface area contributed by atoms with Crippen LogP contribution in [-0.4, -0.2) is 36.0 Å². The van der Waals surface area contributed by atoms with Crippen LogP contribution in [0.1, 0.15) is 25.8 Å². The largest absolute Gasteiger partial charge is 0.461 e. The summed E-state index contributed by atoms with van der Waals surface area (Å²) in [5.41, 5.74) is 0.753. The average Bonchev–Trinajstić information content (AvgIpc) is 2.49. The van der Waals surface area contributed by atoms with Crippen LogP contribution in [0.25, 0.3) is 0 Å². The molecule has 0 aliphatic heterocycles. The van der Waals surface area contributed by atoms with Gasteiger partial charge >= 0.3 is 5.97 Å². The molecule has 0 saturated carbocycles. The molecule has 22 heavy (non-hydrogen) atoms. The van der Waals surface area contributed by atoms with Gasteiger partial charge in [-0.3, -0.25) is 4.79 Å². The lowest BCUT2D eigenvalue weighted by molar-refractivity contribution is -0.151. The quantitative estimate of drug-likeness (QED) is 0.645. The molecular weight excluding hydrogens is 298 g/mol. The Morgan fingerprint density at radius 3 is 2.55 bits per heavy atom. The summed E-state index contributed by atoms with van der Waals surface area (Å²) in [6.07, 6.45) is 2.25. The van der Waals surface area contributed by atoms with E-state index in [0.29, 0.717) is 6.42 Å². The molecular formula is C17H21NO3S. The highest BCUT2D eigenvalue weighted by Crippen LogP contribution is 2.04. The van der Waals surface area contributed by atoms with Gasteiger partial charge in [0.25, 0.3) is 5.91 Å². The maximum absolute atomic E-state index is 12.0. The normalized spacial score (nSPS) is 11.3. The predicted octanol–water partition coefficient (Wildman–Crippen LogP) is 2.23. The number of carbonyl (C=O) groups excluding carboxylic acids is 2. The molecule has 1 atom stereocenters. The van der Waals surface area contributed by atoms with Gasteiger partial charge in [-0.2, -0.15) is 11.8 Å². The number of esters is 1. The molecule has 1 amide bonds. The number of hydrogen-bond acceptors (Lipinski definition) is 4. The Morgan fingerprint density at radius 1 is 1.27 bits per heavy atom. The molecule has 0 aliphatic carbocycles. The summed E-state index contributed by atoms with van der Waals surface area (Å²) in [7, 11) is 0. The molecule has 0 fully saturated rings. The lowest BCUT2D eigenvalue weighted by Gasteiger charge is -2.17. The topological polar surface area (TPSA) is 55.4 Å². The van der Waals surface area contributed by atoms with Crippen molar-refractivity contribution in [3.63, 3.8) is 0 Å². The minimum atomic E-state index is -0.660. The van der Waals surface area contributed by atoms with E-state index in [1.807, 2.05) is 36.6 Å². The van der Waals surface area contributed by atoms with Crippen molar-refractivity contribution in [2.75, 3.05) is 12.0 Å². The highest BCUT2D eigenvalue weighted by molar-refractivity contribution is 7.98. The van der Waals surface area contributed by atoms with E-state index in [2.05, 4.69) is 17.2 Å². The minimum Gasteiger partial charge on any atom is -0.461 e. The molecule has 0 bridgehead atoms. The van der Waals surface area contributed by atoms with Crippen molar-refractivity contribution in [3.8, 4) is 11.8 Å². The van der Waals surface area contributed by atoms with E-state index in [-0.39, 0.29) is 6.10 Å². The standard InChI is InChI=1S/C17H21NO3S/c1-13(2)21-17(20)15(11-12-22-3)18-16(19)10-9-14-7-5-4-6-8-14/h4-8,13,15H,11-12H2,1-3H3,(H,18,19)/t15-/m0/s1. The first-order valence-electron chi connectivity index (χ1n) is 7.10. The molecule has 1 aromatic carbocycles. The second kappa shape index (κ2) is 9.91. The van der Waals surface area contributed by atoms with Gasteiger partial charge in [0.15, 0.2) is 0 Å². The van der Waals surface area contributed by atoms with Gasteiger partial charge in [-0.1, -0.05) is 24.1 Å². The molecule has 1 N–H and O–H groups in total. The van der Waals surface area contributed by atoms with Gasteiger partial charge in [0.1, 0.15) is 6.04 Å². The van der Waals surface area contributed by atoms with E-state index in [0.717, 1.165) is 11.3 Å². The zero-order valence-electron chi connectivity index (χ0n) is 13.1. The maximum Gasteiger partial charge on any atom is 0.328 e. The van der Waals surface area contributed by atoms with Crippen molar-refractivity contribution in [1.29, 1.82) is 0 Å². The van der Waals surface area contributed by atoms with Gasteiger partial charge in [-0.15, -0.1) is 0 Å². The molecule has 0 spiro atoms. The van der Waals surface area contributed by atoms with Crippen LogP contribution >= 0.6 is 11.8 Å². The second-order valence-corrected chi connectivity index (χ2v) is 5.89. The average molecular weight is 319 g/mol. The summed E-state index contributed by atoms with van der Waals surface area (Å²) in [5, 5.41) is 2.63. The lowest BCUT2D eigenvalue weighted by atomic mass is 10.2. The molecule has 0 radical (unpaired) electrons. The van der Waals surface area contributed by atoms with Crippen LogP contribution in [0.3, 0.4) is 0 Å². The Balaban J connectivity index is 2.66. The van der Waals surface area contributed by atoms with Crippen LogP contribution in [-0.2, 0) is 14.3 Å². The molecule has 0 aromatic heterocycles. The molecule has 118 valence electrons. The molecule has 1 aromatic rings. The van der Waals surface area contributed by atoms with Crippen molar-refractivity contribution in [3.05, 3.63) is 35.9 Å². The number of benzene rings is 1. The number of rotatable bonds is 6. The molecule has 0 aliphatic rings. The highest BCUT2D eigenvalue weighted by Gasteiger charge is 2.22. The van der Waals surface area contributed by atoms with Crippen molar-refractivity contribution in [1.82, 2.24) is 5.32 Å². The first-order chi connectivity index (χ1) is 10.5. The Bertz CT molecular complexity index is 546. The predicted molar refractivity (Wildman–Crippen MR) is 89.5 cm³/mol. The number of nitrogens with one attached hydrogen (secondary N) is 1. The SMILES string of the molecule is CSCC[C@H](NC(=O)C#Cc1ccccc1)C(=O)OC(C)C. The first-order valence-corrected chi connectivity index (χ1v) is 8.49. The van der Waals surface area contributed by atoms with Crippen molar-refractivity contribution in [2.45, 2.75) is 32.4 Å². The molecule has 0 saturated heterocycles. The van der Waals surface area contributed by atoms with E-state index in [4.69, 9.17) is 4.74 Å². The van der Waals surface area contributed by atoms with E-state index in [1.165, 1.54) is 0 Å². The van der Waals surface area contributed by atoms with Gasteiger partial charge in [-0.05, 0) is 44.4 Å². The van der Waals surface area contributed by atoms with E-state index in [1.54, 1.807) is 25.6 Å². The third kappa shape index (κ3) is 7.19. The van der Waals surface area contributed by atoms with E-state index >= 15 is 0 Å². The van der Waals surface area contributed by atoms with E-state index in [9.17, 15) is 9.59 Å². The Hall–Kier alpha value is -1.93. The van der Waals surface area contributed by atoms with Crippen molar-refractivity contribution >= 4 is 23.6 Å². The van der Waals surface area contributed by atoms with Crippen molar-refractivity contribution < 1.29 is 14.3 Å². The lowest BCUT2D eigenvalue weighted by Crippen LogP contribution is -2.42. The molecule has 5 heteroatoms. The first kappa shape index (κ1) is 18.1. The van der Waals surface area contributed by atoms with Gasteiger partial charge < -0.3 is 10.1 Å². The van der Waals surface area contributed by atoms with Gasteiger partial charge in [0, 0.05) is 11.5 Å². The monoisotopic (exact) mass is 319 g/mol. The molecule has 4 nitrogen and oxygen atoms in total. The number of ether oxygens (including phenoxy) is 1. The summed E-state index contributed by atoms with van der Waals surface area (Å²) in [5.74, 6) is 5.13. The Labute approximate surface area is 136 Å². The van der Waals surface area contributed by atoms with Crippen LogP contribution in [0, 0.1) is 11.8 Å². The summed E-state index contributed by atoms with van der Waals surface area (Å²) in [6, 6.07) is 8.56. The smallest absolute Gasteiger partial charge is 0.328 e. The van der Waals surface area contributed by atoms with E-state index < -0.39 is 17.9 Å². The van der Waals surface area contributed by atoms with Crippen LogP contribution in [0.5, 0.6) is 0 Å². The highest BCUT2D eigenvalue weighted by atomic mass is 32.2. The molecule has 0 unspecified atom stereocenters. The third-order valence-corrected chi connectivity index (χ3v) is 3.29. The minimum absolute atomic E-state index is 0.211. The summed E-state index contributed by atoms with van der Waals surface area (Å²) >= 11 is 1.61. The van der Waals surface area contributed by atoms with Gasteiger partial charge in [-0.25, -0.2) is 4.79 Å². The fourth-order valence-corrected chi connectivity index (χ4v) is 2.12. The number of amides is 1. The third-order valence-electron chi connectivity index (χ3n) is 2.65. The fourth-order valence-electron chi connectivity index (χ4n) is 1.64. The molecule has 1 rings (SSSR count). The number of hydrogen-bond donors (Lipinski definition) is 1. The van der Waals surface area contributed by atoms with Crippen LogP contribution < -0.4 is 5.32 Å². The van der Waals surface area contributed by atoms with Gasteiger partial charge in [0.2, 0.25) is 0 Å². The summed E-state index contributed by atoms with van der Waals surface area (Å²) < 4.78 is 5.16. The zero-order chi connectivity index (χ0) is 16.4. The van der Waals surface area contributed by atoms with Crippen LogP contribution in [0.4, 0.5) is 0 Å². The Kier molecular flexibility index (Phi) is 8.16. The summed E-state index contributed by atoms with van der Waals surface area (Å²) in [6.45, 7) is 3.56. The van der Waals surface area contributed by atoms with Gasteiger partial charge in [0.05, 0.1) is 6.10 Å². The number of carbonyl (C=O) groups is 2. The summed E-state index contributed by atoms with van der Waals surface area (Å²) in [4.78, 5) is 23.9. The second-order valence-electron chi connectivity index (χ2n) is 4.91. The Morgan fingerprint density at radius 2 is 1.95 bits per heavy atom. The van der Waals surface area contributed by atoms with Crippen LogP contribution in [0.2, 0.25) is 0 Å². The fraction of sp³-hybridized carbons (Fsp3) is 0.412. The number of thioether (sulfide) groups is 1. The van der Waals surface area contributed by atoms with Crippen LogP contribution in [0.15, 0.2) is 30.3 Å².